The monoisotopic (exact) mass is 350 g/mol. The van der Waals surface area contributed by atoms with E-state index >= 15 is 0 Å². The Hall–Kier alpha value is -2.61. The Balaban J connectivity index is 2.11. The SMILES string of the molecule is COc1cc([N+](=O)[O-])ccc1NC(=O)[C@@H](C)Sc1ccccc1F. The lowest BCUT2D eigenvalue weighted by molar-refractivity contribution is -0.384. The van der Waals surface area contributed by atoms with E-state index in [1.165, 1.54) is 31.4 Å². The van der Waals surface area contributed by atoms with Crippen LogP contribution >= 0.6 is 11.8 Å². The van der Waals surface area contributed by atoms with Crippen LogP contribution in [-0.2, 0) is 4.79 Å². The summed E-state index contributed by atoms with van der Waals surface area (Å²) >= 11 is 1.08. The van der Waals surface area contributed by atoms with Gasteiger partial charge in [0.05, 0.1) is 29.0 Å². The first-order valence-corrected chi connectivity index (χ1v) is 7.85. The maximum atomic E-state index is 13.6. The van der Waals surface area contributed by atoms with E-state index in [0.717, 1.165) is 11.8 Å². The molecule has 2 rings (SSSR count). The molecule has 2 aromatic rings. The highest BCUT2D eigenvalue weighted by atomic mass is 32.2. The number of methoxy groups -OCH3 is 1. The first-order valence-electron chi connectivity index (χ1n) is 6.97. The smallest absolute Gasteiger partial charge is 0.273 e. The number of anilines is 1. The number of ether oxygens (including phenoxy) is 1. The van der Waals surface area contributed by atoms with Crippen LogP contribution in [0.4, 0.5) is 15.8 Å². The van der Waals surface area contributed by atoms with Gasteiger partial charge in [-0.2, -0.15) is 0 Å². The number of carbonyl (C=O) groups excluding carboxylic acids is 1. The Morgan fingerprint density at radius 1 is 1.33 bits per heavy atom. The maximum Gasteiger partial charge on any atom is 0.273 e. The second-order valence-corrected chi connectivity index (χ2v) is 6.20. The highest BCUT2D eigenvalue weighted by Gasteiger charge is 2.19. The topological polar surface area (TPSA) is 81.5 Å². The number of benzene rings is 2. The molecule has 2 aromatic carbocycles. The van der Waals surface area contributed by atoms with Crippen LogP contribution in [0.15, 0.2) is 47.4 Å². The standard InChI is InChI=1S/C16H15FN2O4S/c1-10(24-15-6-4-3-5-12(15)17)16(20)18-13-8-7-11(19(21)22)9-14(13)23-2/h3-10H,1-2H3,(H,18,20)/t10-/m1/s1. The third kappa shape index (κ3) is 4.23. The fourth-order valence-electron chi connectivity index (χ4n) is 1.92. The Morgan fingerprint density at radius 2 is 2.04 bits per heavy atom. The first-order chi connectivity index (χ1) is 11.4. The van der Waals surface area contributed by atoms with E-state index in [-0.39, 0.29) is 17.3 Å². The summed E-state index contributed by atoms with van der Waals surface area (Å²) in [5.74, 6) is -0.578. The number of hydrogen-bond donors (Lipinski definition) is 1. The molecule has 0 radical (unpaired) electrons. The molecule has 1 amide bonds. The normalized spacial score (nSPS) is 11.6. The van der Waals surface area contributed by atoms with Crippen molar-refractivity contribution >= 4 is 29.0 Å². The molecule has 24 heavy (non-hydrogen) atoms. The van der Waals surface area contributed by atoms with Crippen molar-refractivity contribution < 1.29 is 18.8 Å². The summed E-state index contributed by atoms with van der Waals surface area (Å²) < 4.78 is 18.7. The van der Waals surface area contributed by atoms with E-state index in [9.17, 15) is 19.3 Å². The molecule has 0 aliphatic carbocycles. The lowest BCUT2D eigenvalue weighted by Crippen LogP contribution is -2.22. The molecular formula is C16H15FN2O4S. The lowest BCUT2D eigenvalue weighted by Gasteiger charge is -2.14. The fraction of sp³-hybridized carbons (Fsp3) is 0.188. The molecular weight excluding hydrogens is 335 g/mol. The number of hydrogen-bond acceptors (Lipinski definition) is 5. The molecule has 0 unspecified atom stereocenters. The number of rotatable bonds is 6. The van der Waals surface area contributed by atoms with Crippen LogP contribution in [0, 0.1) is 15.9 Å². The Labute approximate surface area is 142 Å². The Bertz CT molecular complexity index is 769. The number of amides is 1. The molecule has 0 aromatic heterocycles. The number of nitro benzene ring substituents is 1. The van der Waals surface area contributed by atoms with Gasteiger partial charge in [-0.1, -0.05) is 12.1 Å². The first kappa shape index (κ1) is 17.7. The molecule has 6 nitrogen and oxygen atoms in total. The third-order valence-corrected chi connectivity index (χ3v) is 4.32. The summed E-state index contributed by atoms with van der Waals surface area (Å²) in [6, 6.07) is 10.1. The van der Waals surface area contributed by atoms with E-state index < -0.39 is 16.0 Å². The highest BCUT2D eigenvalue weighted by molar-refractivity contribution is 8.00. The van der Waals surface area contributed by atoms with Gasteiger partial charge in [-0.25, -0.2) is 4.39 Å². The zero-order valence-electron chi connectivity index (χ0n) is 13.0. The van der Waals surface area contributed by atoms with Crippen molar-refractivity contribution in [2.45, 2.75) is 17.1 Å². The molecule has 0 fully saturated rings. The summed E-state index contributed by atoms with van der Waals surface area (Å²) in [6.07, 6.45) is 0. The molecule has 0 aliphatic rings. The molecule has 8 heteroatoms. The van der Waals surface area contributed by atoms with Gasteiger partial charge in [-0.15, -0.1) is 11.8 Å². The number of carbonyl (C=O) groups is 1. The van der Waals surface area contributed by atoms with E-state index in [0.29, 0.717) is 10.6 Å². The van der Waals surface area contributed by atoms with Crippen LogP contribution in [-0.4, -0.2) is 23.2 Å². The number of thioether (sulfide) groups is 1. The van der Waals surface area contributed by atoms with Gasteiger partial charge in [0.2, 0.25) is 5.91 Å². The highest BCUT2D eigenvalue weighted by Crippen LogP contribution is 2.31. The Morgan fingerprint density at radius 3 is 2.67 bits per heavy atom. The molecule has 126 valence electrons. The number of nitrogens with one attached hydrogen (secondary N) is 1. The second kappa shape index (κ2) is 7.78. The summed E-state index contributed by atoms with van der Waals surface area (Å²) in [7, 11) is 1.35. The van der Waals surface area contributed by atoms with E-state index in [4.69, 9.17) is 4.74 Å². The predicted molar refractivity (Wildman–Crippen MR) is 90.0 cm³/mol. The number of halogens is 1. The zero-order chi connectivity index (χ0) is 17.7. The van der Waals surface area contributed by atoms with E-state index in [1.54, 1.807) is 25.1 Å². The van der Waals surface area contributed by atoms with Gasteiger partial charge >= 0.3 is 0 Å². The minimum absolute atomic E-state index is 0.140. The summed E-state index contributed by atoms with van der Waals surface area (Å²) in [6.45, 7) is 1.64. The van der Waals surface area contributed by atoms with Gasteiger partial charge in [-0.3, -0.25) is 14.9 Å². The minimum Gasteiger partial charge on any atom is -0.494 e. The van der Waals surface area contributed by atoms with Crippen molar-refractivity contribution in [2.24, 2.45) is 0 Å². The van der Waals surface area contributed by atoms with E-state index in [2.05, 4.69) is 5.32 Å². The van der Waals surface area contributed by atoms with Crippen molar-refractivity contribution in [3.8, 4) is 5.75 Å². The van der Waals surface area contributed by atoms with E-state index in [1.807, 2.05) is 0 Å². The van der Waals surface area contributed by atoms with Crippen LogP contribution in [0.2, 0.25) is 0 Å². The molecule has 0 aliphatic heterocycles. The number of non-ortho nitro benzene ring substituents is 1. The van der Waals surface area contributed by atoms with Gasteiger partial charge in [0, 0.05) is 11.0 Å². The Kier molecular flexibility index (Phi) is 5.75. The van der Waals surface area contributed by atoms with Crippen LogP contribution in [0.5, 0.6) is 5.75 Å². The van der Waals surface area contributed by atoms with Gasteiger partial charge in [0.25, 0.3) is 5.69 Å². The van der Waals surface area contributed by atoms with Crippen LogP contribution in [0.1, 0.15) is 6.92 Å². The molecule has 0 saturated heterocycles. The average molecular weight is 350 g/mol. The van der Waals surface area contributed by atoms with Gasteiger partial charge in [-0.05, 0) is 25.1 Å². The quantitative estimate of drug-likeness (QED) is 0.486. The molecule has 1 N–H and O–H groups in total. The minimum atomic E-state index is -0.568. The predicted octanol–water partition coefficient (Wildman–Crippen LogP) is 3.86. The van der Waals surface area contributed by atoms with Gasteiger partial charge in [0.15, 0.2) is 0 Å². The van der Waals surface area contributed by atoms with Crippen molar-refractivity contribution in [1.82, 2.24) is 0 Å². The van der Waals surface area contributed by atoms with Crippen LogP contribution < -0.4 is 10.1 Å². The van der Waals surface area contributed by atoms with Crippen LogP contribution in [0.3, 0.4) is 0 Å². The second-order valence-electron chi connectivity index (χ2n) is 4.82. The zero-order valence-corrected chi connectivity index (χ0v) is 13.8. The van der Waals surface area contributed by atoms with Crippen molar-refractivity contribution in [1.29, 1.82) is 0 Å². The van der Waals surface area contributed by atoms with Gasteiger partial charge < -0.3 is 10.1 Å². The molecule has 1 atom stereocenters. The molecule has 0 heterocycles. The summed E-state index contributed by atoms with van der Waals surface area (Å²) in [5.41, 5.74) is 0.174. The van der Waals surface area contributed by atoms with Gasteiger partial charge in [0.1, 0.15) is 11.6 Å². The molecule has 0 spiro atoms. The van der Waals surface area contributed by atoms with Crippen molar-refractivity contribution in [3.05, 3.63) is 58.4 Å². The summed E-state index contributed by atoms with van der Waals surface area (Å²) in [4.78, 5) is 22.9. The molecule has 0 saturated carbocycles. The van der Waals surface area contributed by atoms with Crippen LogP contribution in [0.25, 0.3) is 0 Å². The maximum absolute atomic E-state index is 13.6. The average Bonchev–Trinajstić information content (AvgIpc) is 2.56. The largest absolute Gasteiger partial charge is 0.494 e. The fourth-order valence-corrected chi connectivity index (χ4v) is 2.80. The third-order valence-electron chi connectivity index (χ3n) is 3.16. The van der Waals surface area contributed by atoms with Crippen molar-refractivity contribution in [2.75, 3.05) is 12.4 Å². The number of nitrogens with zero attached hydrogens (tertiary/aromatic N) is 1. The summed E-state index contributed by atoms with van der Waals surface area (Å²) in [5, 5.41) is 12.8. The number of nitro groups is 1. The molecule has 0 bridgehead atoms. The lowest BCUT2D eigenvalue weighted by atomic mass is 10.2. The van der Waals surface area contributed by atoms with Crippen molar-refractivity contribution in [3.63, 3.8) is 0 Å².